The molecule has 1 aromatic carbocycles. The Bertz CT molecular complexity index is 976. The molecule has 0 saturated heterocycles. The molecule has 178 valence electrons. The van der Waals surface area contributed by atoms with Gasteiger partial charge in [0.05, 0.1) is 0 Å². The first kappa shape index (κ1) is 23.5. The van der Waals surface area contributed by atoms with Crippen LogP contribution in [0.2, 0.25) is 0 Å². The summed E-state index contributed by atoms with van der Waals surface area (Å²) in [5.41, 5.74) is 14.3. The molecule has 0 aromatic heterocycles. The van der Waals surface area contributed by atoms with Crippen molar-refractivity contribution in [2.75, 3.05) is 5.73 Å². The van der Waals surface area contributed by atoms with Crippen molar-refractivity contribution < 1.29 is 19.2 Å². The number of hydrogen-bond acceptors (Lipinski definition) is 5. The third-order valence-electron chi connectivity index (χ3n) is 7.91. The second-order valence-electron chi connectivity index (χ2n) is 10.0. The molecule has 0 unspecified atom stereocenters. The topological polar surface area (TPSA) is 124 Å². The van der Waals surface area contributed by atoms with Crippen LogP contribution in [-0.2, 0) is 22.4 Å². The van der Waals surface area contributed by atoms with Crippen molar-refractivity contribution in [2.45, 2.75) is 96.3 Å². The van der Waals surface area contributed by atoms with Gasteiger partial charge in [-0.25, -0.2) is 4.90 Å². The molecule has 1 heterocycles. The van der Waals surface area contributed by atoms with E-state index in [1.54, 1.807) is 6.07 Å². The summed E-state index contributed by atoms with van der Waals surface area (Å²) < 4.78 is 0. The zero-order valence-electron chi connectivity index (χ0n) is 19.4. The van der Waals surface area contributed by atoms with Crippen molar-refractivity contribution in [3.8, 4) is 0 Å². The zero-order valence-corrected chi connectivity index (χ0v) is 19.4. The number of anilines is 1. The van der Waals surface area contributed by atoms with E-state index in [0.29, 0.717) is 42.5 Å². The molecule has 4 rings (SSSR count). The molecule has 4 bridgehead atoms. The maximum absolute atomic E-state index is 13.4. The van der Waals surface area contributed by atoms with Crippen LogP contribution in [0.5, 0.6) is 0 Å². The molecule has 7 nitrogen and oxygen atoms in total. The Balaban J connectivity index is 1.53. The van der Waals surface area contributed by atoms with Crippen LogP contribution in [0.1, 0.15) is 115 Å². The lowest BCUT2D eigenvalue weighted by atomic mass is 9.75. The highest BCUT2D eigenvalue weighted by Gasteiger charge is 2.41. The number of imide groups is 3. The van der Waals surface area contributed by atoms with Crippen molar-refractivity contribution >= 4 is 29.3 Å². The SMILES string of the molecule is NC(=O)C1(CCCC(=O)N2C(=O)c3cc(N)c4c(c3CCCCCC4)C2=O)CCCCCC1. The monoisotopic (exact) mass is 453 g/mol. The van der Waals surface area contributed by atoms with Crippen LogP contribution in [0.15, 0.2) is 6.07 Å². The smallest absolute Gasteiger partial charge is 0.268 e. The van der Waals surface area contributed by atoms with E-state index < -0.39 is 23.1 Å². The molecule has 7 heteroatoms. The first-order valence-corrected chi connectivity index (χ1v) is 12.5. The molecule has 0 spiro atoms. The minimum atomic E-state index is -0.582. The lowest BCUT2D eigenvalue weighted by Gasteiger charge is -2.31. The maximum atomic E-state index is 13.4. The summed E-state index contributed by atoms with van der Waals surface area (Å²) in [6, 6.07) is 1.65. The number of rotatable bonds is 5. The van der Waals surface area contributed by atoms with Crippen LogP contribution in [0.25, 0.3) is 0 Å². The van der Waals surface area contributed by atoms with E-state index in [0.717, 1.165) is 80.2 Å². The molecule has 0 atom stereocenters. The first-order chi connectivity index (χ1) is 15.9. The lowest BCUT2D eigenvalue weighted by Crippen LogP contribution is -2.46. The highest BCUT2D eigenvalue weighted by Crippen LogP contribution is 2.40. The molecule has 4 N–H and O–H groups in total. The van der Waals surface area contributed by atoms with E-state index in [1.807, 2.05) is 0 Å². The third-order valence-corrected chi connectivity index (χ3v) is 7.91. The molecular weight excluding hydrogens is 418 g/mol. The van der Waals surface area contributed by atoms with Gasteiger partial charge in [0.1, 0.15) is 0 Å². The summed E-state index contributed by atoms with van der Waals surface area (Å²) in [5, 5.41) is 0. The van der Waals surface area contributed by atoms with Gasteiger partial charge in [-0.1, -0.05) is 38.5 Å². The number of primary amides is 1. The quantitative estimate of drug-likeness (QED) is 0.395. The van der Waals surface area contributed by atoms with Crippen molar-refractivity contribution in [1.82, 2.24) is 4.90 Å². The third kappa shape index (κ3) is 4.42. The van der Waals surface area contributed by atoms with Crippen molar-refractivity contribution in [3.05, 3.63) is 28.3 Å². The number of benzene rings is 1. The van der Waals surface area contributed by atoms with Gasteiger partial charge in [-0.3, -0.25) is 19.2 Å². The van der Waals surface area contributed by atoms with E-state index in [2.05, 4.69) is 0 Å². The molecule has 0 radical (unpaired) electrons. The summed E-state index contributed by atoms with van der Waals surface area (Å²) in [4.78, 5) is 52.9. The minimum absolute atomic E-state index is 0.0386. The predicted molar refractivity (Wildman–Crippen MR) is 125 cm³/mol. The Morgan fingerprint density at radius 2 is 1.48 bits per heavy atom. The number of nitrogen functional groups attached to an aromatic ring is 1. The van der Waals surface area contributed by atoms with Gasteiger partial charge < -0.3 is 11.5 Å². The molecule has 33 heavy (non-hydrogen) atoms. The molecular formula is C26H35N3O4. The second-order valence-corrected chi connectivity index (χ2v) is 10.0. The summed E-state index contributed by atoms with van der Waals surface area (Å²) in [5.74, 6) is -1.90. The van der Waals surface area contributed by atoms with Crippen molar-refractivity contribution in [2.24, 2.45) is 11.1 Å². The standard InChI is InChI=1S/C26H35N3O4/c27-20-16-19-17-10-5-1-2-6-11-18(20)22(17)24(32)29(23(19)31)21(30)12-9-15-26(25(28)33)13-7-3-4-8-14-26/h16H,1-15,27H2,(H2,28,33). The van der Waals surface area contributed by atoms with Gasteiger partial charge in [-0.2, -0.15) is 0 Å². The van der Waals surface area contributed by atoms with Crippen LogP contribution in [0.3, 0.4) is 0 Å². The summed E-state index contributed by atoms with van der Waals surface area (Å²) >= 11 is 0. The predicted octanol–water partition coefficient (Wildman–Crippen LogP) is 4.05. The zero-order chi connectivity index (χ0) is 23.6. The Morgan fingerprint density at radius 3 is 2.12 bits per heavy atom. The number of hydrogen-bond donors (Lipinski definition) is 2. The first-order valence-electron chi connectivity index (χ1n) is 12.5. The van der Waals surface area contributed by atoms with Gasteiger partial charge in [0.2, 0.25) is 11.8 Å². The number of carbonyl (C=O) groups excluding carboxylic acids is 4. The highest BCUT2D eigenvalue weighted by molar-refractivity contribution is 6.25. The number of carbonyl (C=O) groups is 4. The summed E-state index contributed by atoms with van der Waals surface area (Å²) in [6.45, 7) is 0. The average Bonchev–Trinajstić information content (AvgIpc) is 2.97. The largest absolute Gasteiger partial charge is 0.398 e. The molecule has 4 amide bonds. The number of nitrogens with two attached hydrogens (primary N) is 2. The fraction of sp³-hybridized carbons (Fsp3) is 0.615. The van der Waals surface area contributed by atoms with E-state index in [9.17, 15) is 19.2 Å². The molecule has 1 saturated carbocycles. The molecule has 3 aliphatic rings. The second kappa shape index (κ2) is 9.65. The molecule has 1 fully saturated rings. The van der Waals surface area contributed by atoms with Crippen LogP contribution < -0.4 is 11.5 Å². The molecule has 2 aliphatic carbocycles. The Labute approximate surface area is 195 Å². The van der Waals surface area contributed by atoms with E-state index in [-0.39, 0.29) is 12.3 Å². The Hall–Kier alpha value is -2.70. The number of amides is 4. The van der Waals surface area contributed by atoms with E-state index in [4.69, 9.17) is 11.5 Å². The van der Waals surface area contributed by atoms with Gasteiger partial charge >= 0.3 is 0 Å². The molecule has 1 aromatic rings. The molecule has 1 aliphatic heterocycles. The fourth-order valence-electron chi connectivity index (χ4n) is 5.99. The van der Waals surface area contributed by atoms with Crippen LogP contribution in [0.4, 0.5) is 5.69 Å². The summed E-state index contributed by atoms with van der Waals surface area (Å²) in [7, 11) is 0. The summed E-state index contributed by atoms with van der Waals surface area (Å²) in [6.07, 6.45) is 11.8. The van der Waals surface area contributed by atoms with E-state index >= 15 is 0 Å². The minimum Gasteiger partial charge on any atom is -0.398 e. The van der Waals surface area contributed by atoms with Crippen LogP contribution in [-0.4, -0.2) is 28.5 Å². The normalized spacial score (nSPS) is 20.4. The van der Waals surface area contributed by atoms with Gasteiger partial charge in [-0.05, 0) is 68.6 Å². The van der Waals surface area contributed by atoms with Gasteiger partial charge in [0.25, 0.3) is 11.8 Å². The van der Waals surface area contributed by atoms with Crippen molar-refractivity contribution in [1.29, 1.82) is 0 Å². The highest BCUT2D eigenvalue weighted by atomic mass is 16.2. The van der Waals surface area contributed by atoms with Gasteiger partial charge in [0.15, 0.2) is 0 Å². The fourth-order valence-corrected chi connectivity index (χ4v) is 5.99. The van der Waals surface area contributed by atoms with E-state index in [1.165, 1.54) is 0 Å². The van der Waals surface area contributed by atoms with Crippen molar-refractivity contribution in [3.63, 3.8) is 0 Å². The average molecular weight is 454 g/mol. The van der Waals surface area contributed by atoms with Gasteiger partial charge in [0, 0.05) is 28.7 Å². The van der Waals surface area contributed by atoms with Crippen LogP contribution in [0, 0.1) is 5.41 Å². The maximum Gasteiger partial charge on any atom is 0.268 e. The lowest BCUT2D eigenvalue weighted by molar-refractivity contribution is -0.130. The number of nitrogens with zero attached hydrogens (tertiary/aromatic N) is 1. The Morgan fingerprint density at radius 1 is 0.879 bits per heavy atom. The Kier molecular flexibility index (Phi) is 6.86. The van der Waals surface area contributed by atoms with Crippen LogP contribution >= 0.6 is 0 Å². The van der Waals surface area contributed by atoms with Gasteiger partial charge in [-0.15, -0.1) is 0 Å².